The van der Waals surface area contributed by atoms with Gasteiger partial charge in [-0.1, -0.05) is 0 Å². The zero-order valence-corrected chi connectivity index (χ0v) is 22.5. The molecule has 0 rings (SSSR count). The quantitative estimate of drug-likeness (QED) is 0.0858. The molecule has 23 heteroatoms. The second kappa shape index (κ2) is 24.6. The molecule has 0 amide bonds. The Labute approximate surface area is 224 Å². The van der Waals surface area contributed by atoms with Gasteiger partial charge >= 0.3 is 81.1 Å². The number of hydrogen-bond donors (Lipinski definition) is 6. The molecule has 0 aliphatic carbocycles. The van der Waals surface area contributed by atoms with Gasteiger partial charge in [0, 0.05) is 14.1 Å². The Morgan fingerprint density at radius 3 is 0.903 bits per heavy atom. The number of likely N-dealkylation sites (N-methyl/N-ethyl adjacent to an activating group) is 2. The number of aliphatic carboxylic acids is 2. The van der Waals surface area contributed by atoms with Crippen molar-refractivity contribution < 1.29 is 58.3 Å². The van der Waals surface area contributed by atoms with Crippen molar-refractivity contribution in [2.75, 3.05) is 27.2 Å². The van der Waals surface area contributed by atoms with Crippen LogP contribution in [-0.2, 0) is 18.7 Å². The fourth-order valence-corrected chi connectivity index (χ4v) is 0.576. The van der Waals surface area contributed by atoms with Gasteiger partial charge in [-0.3, -0.25) is 20.4 Å². The van der Waals surface area contributed by atoms with Gasteiger partial charge in [0.25, 0.3) is 0 Å². The van der Waals surface area contributed by atoms with E-state index < -0.39 is 27.6 Å². The Kier molecular flexibility index (Phi) is 38.5. The van der Waals surface area contributed by atoms with E-state index >= 15 is 0 Å². The first-order valence-electron chi connectivity index (χ1n) is 6.07. The molecule has 18 nitrogen and oxygen atoms in total. The van der Waals surface area contributed by atoms with Crippen LogP contribution in [0, 0.1) is 10.8 Å². The van der Waals surface area contributed by atoms with Crippen LogP contribution in [0.5, 0.6) is 0 Å². The third-order valence-electron chi connectivity index (χ3n) is 1.57. The summed E-state index contributed by atoms with van der Waals surface area (Å²) in [5.74, 6) is -2.46. The van der Waals surface area contributed by atoms with Gasteiger partial charge in [-0.2, -0.15) is 15.6 Å². The van der Waals surface area contributed by atoms with Crippen LogP contribution in [-0.4, -0.2) is 140 Å². The van der Waals surface area contributed by atoms with Crippen molar-refractivity contribution in [2.45, 2.75) is 0 Å². The molecule has 31 heavy (non-hydrogen) atoms. The molecule has 0 aromatic rings. The molecule has 168 valence electrons. The van der Waals surface area contributed by atoms with Crippen molar-refractivity contribution in [3.63, 3.8) is 0 Å². The molecule has 0 aliphatic rings. The predicted molar refractivity (Wildman–Crippen MR) is 96.8 cm³/mol. The average Bonchev–Trinajstić information content (AvgIpc) is 2.33. The molecule has 0 saturated heterocycles. The molecule has 0 bridgehead atoms. The number of rotatable bonds is 4. The van der Waals surface area contributed by atoms with Crippen LogP contribution in [0.3, 0.4) is 0 Å². The Hall–Kier alpha value is -0.00130. The molecule has 0 radical (unpaired) electrons. The zero-order chi connectivity index (χ0) is 23.9. The molecule has 0 aliphatic heterocycles. The normalized spacial score (nSPS) is 8.77. The van der Waals surface area contributed by atoms with Crippen LogP contribution in [0.2, 0.25) is 0 Å². The standard InChI is InChI=1S/2C4H9N3O2.3Mg.2H3O4P/c2*1-7(4(5)6)2-3(8)9;;;;2*1-5(2,3)4/h2*2H2,1H3,(H3,5,6)(H,8,9);;;;2*(H3,1,2,3,4)/q;;3*+2;;/p-6. The summed E-state index contributed by atoms with van der Waals surface area (Å²) in [5.41, 5.74) is 9.86. The maximum atomic E-state index is 9.92. The van der Waals surface area contributed by atoms with Gasteiger partial charge in [-0.25, -0.2) is 0 Å². The van der Waals surface area contributed by atoms with Gasteiger partial charge in [0.05, 0.1) is 0 Å². The summed E-state index contributed by atoms with van der Waals surface area (Å²) in [4.78, 5) is 73.4. The van der Waals surface area contributed by atoms with Crippen LogP contribution < -0.4 is 40.8 Å². The molecule has 0 fully saturated rings. The minimum absolute atomic E-state index is 0. The summed E-state index contributed by atoms with van der Waals surface area (Å²) in [5, 5.41) is 29.7. The van der Waals surface area contributed by atoms with E-state index in [-0.39, 0.29) is 94.2 Å². The van der Waals surface area contributed by atoms with E-state index in [1.165, 1.54) is 14.1 Å². The monoisotopic (exact) mass is 524 g/mol. The third kappa shape index (κ3) is 91.9. The van der Waals surface area contributed by atoms with Crippen molar-refractivity contribution in [3.05, 3.63) is 0 Å². The van der Waals surface area contributed by atoms with E-state index in [0.717, 1.165) is 9.80 Å². The van der Waals surface area contributed by atoms with Gasteiger partial charge < -0.3 is 70.0 Å². The van der Waals surface area contributed by atoms with E-state index in [9.17, 15) is 9.59 Å². The van der Waals surface area contributed by atoms with E-state index in [0.29, 0.717) is 0 Å². The average molecular weight is 525 g/mol. The maximum Gasteiger partial charge on any atom is 2.00 e. The Morgan fingerprint density at radius 1 is 0.742 bits per heavy atom. The van der Waals surface area contributed by atoms with Gasteiger partial charge in [0.1, 0.15) is 13.1 Å². The van der Waals surface area contributed by atoms with E-state index in [1.807, 2.05) is 0 Å². The Morgan fingerprint density at radius 2 is 0.871 bits per heavy atom. The van der Waals surface area contributed by atoms with Crippen molar-refractivity contribution in [3.8, 4) is 0 Å². The third-order valence-corrected chi connectivity index (χ3v) is 1.57. The fourth-order valence-electron chi connectivity index (χ4n) is 0.576. The number of nitrogens with two attached hydrogens (primary N) is 2. The first-order chi connectivity index (χ1) is 12.1. The van der Waals surface area contributed by atoms with Crippen molar-refractivity contribution in [2.24, 2.45) is 11.5 Å². The molecule has 0 aromatic heterocycles. The maximum absolute atomic E-state index is 9.92. The zero-order valence-electron chi connectivity index (χ0n) is 16.5. The first kappa shape index (κ1) is 48.4. The van der Waals surface area contributed by atoms with Gasteiger partial charge in [-0.05, 0) is 0 Å². The smallest absolute Gasteiger partial charge is 0.822 e. The van der Waals surface area contributed by atoms with E-state index in [2.05, 4.69) is 0 Å². The SMILES string of the molecule is CN(CC(=O)O)C(=N)N.CN(CC(=O)O)C(=N)N.O=P([O-])([O-])[O-].O=P([O-])([O-])[O-].[Mg+2].[Mg+2].[Mg+2]. The van der Waals surface area contributed by atoms with Crippen molar-refractivity contribution in [1.29, 1.82) is 10.8 Å². The molecule has 0 aromatic carbocycles. The molecule has 0 atom stereocenters. The topological polar surface area (TPSA) is 353 Å². The predicted octanol–water partition coefficient (Wildman–Crippen LogP) is -9.00. The first-order valence-corrected chi connectivity index (χ1v) is 9.00. The molecular formula is C8H18Mg3N6O12P2. The Bertz CT molecular complexity index is 549. The minimum Gasteiger partial charge on any atom is -0.822 e. The second-order valence-corrected chi connectivity index (χ2v) is 5.95. The number of guanidine groups is 2. The van der Waals surface area contributed by atoms with Crippen LogP contribution >= 0.6 is 15.6 Å². The van der Waals surface area contributed by atoms with Gasteiger partial charge in [0.15, 0.2) is 11.9 Å². The van der Waals surface area contributed by atoms with Crippen LogP contribution in [0.15, 0.2) is 0 Å². The van der Waals surface area contributed by atoms with Gasteiger partial charge in [-0.15, -0.1) is 0 Å². The summed E-state index contributed by atoms with van der Waals surface area (Å²) < 4.78 is 17.1. The number of carbonyl (C=O) groups is 2. The minimum atomic E-state index is -5.39. The van der Waals surface area contributed by atoms with Crippen LogP contribution in [0.25, 0.3) is 0 Å². The molecule has 0 saturated carbocycles. The molecule has 0 unspecified atom stereocenters. The second-order valence-electron chi connectivity index (χ2n) is 4.16. The summed E-state index contributed by atoms with van der Waals surface area (Å²) in [6.07, 6.45) is 0. The van der Waals surface area contributed by atoms with Gasteiger partial charge in [0.2, 0.25) is 0 Å². The number of carboxylic acid groups (broad SMARTS) is 2. The molecule has 8 N–H and O–H groups in total. The summed E-state index contributed by atoms with van der Waals surface area (Å²) in [7, 11) is -7.90. The summed E-state index contributed by atoms with van der Waals surface area (Å²) in [6, 6.07) is 0. The molecule has 0 spiro atoms. The summed E-state index contributed by atoms with van der Waals surface area (Å²) >= 11 is 0. The Balaban J connectivity index is -0.0000000497. The number of carboxylic acids is 2. The number of nitrogens with one attached hydrogen (secondary N) is 2. The fraction of sp³-hybridized carbons (Fsp3) is 0.500. The van der Waals surface area contributed by atoms with E-state index in [4.69, 9.17) is 71.0 Å². The van der Waals surface area contributed by atoms with Crippen LogP contribution in [0.4, 0.5) is 0 Å². The van der Waals surface area contributed by atoms with Crippen molar-refractivity contribution in [1.82, 2.24) is 9.80 Å². The number of nitrogens with zero attached hydrogens (tertiary/aromatic N) is 2. The molecule has 0 heterocycles. The van der Waals surface area contributed by atoms with Crippen molar-refractivity contribution >= 4 is 109 Å². The summed E-state index contributed by atoms with van der Waals surface area (Å²) in [6.45, 7) is -0.454. The number of hydrogen-bond acceptors (Lipinski definition) is 12. The largest absolute Gasteiger partial charge is 2.00 e. The number of phosphoric acid groups is 2. The van der Waals surface area contributed by atoms with Crippen LogP contribution in [0.1, 0.15) is 0 Å². The molecular weight excluding hydrogens is 507 g/mol. The van der Waals surface area contributed by atoms with E-state index in [1.54, 1.807) is 0 Å².